The minimum Gasteiger partial charge on any atom is -0.390 e. The van der Waals surface area contributed by atoms with Crippen LogP contribution in [0.15, 0.2) is 46.9 Å². The van der Waals surface area contributed by atoms with E-state index in [0.29, 0.717) is 25.2 Å². The number of likely N-dealkylation sites (N-methyl/N-ethyl adjacent to an activating group) is 1. The molecule has 4 rings (SSSR count). The average molecular weight is 458 g/mol. The van der Waals surface area contributed by atoms with Crippen LogP contribution >= 0.6 is 15.9 Å². The van der Waals surface area contributed by atoms with Gasteiger partial charge in [0, 0.05) is 50.3 Å². The molecule has 154 valence electrons. The fraction of sp³-hybridized carbons (Fsp3) is 0.435. The first-order valence-corrected chi connectivity index (χ1v) is 11.2. The van der Waals surface area contributed by atoms with Crippen LogP contribution in [0, 0.1) is 0 Å². The highest BCUT2D eigenvalue weighted by atomic mass is 79.9. The third-order valence-corrected chi connectivity index (χ3v) is 6.44. The third kappa shape index (κ3) is 4.49. The van der Waals surface area contributed by atoms with Gasteiger partial charge in [0.1, 0.15) is 0 Å². The van der Waals surface area contributed by atoms with E-state index in [1.807, 2.05) is 23.1 Å². The zero-order valence-electron chi connectivity index (χ0n) is 16.9. The number of carbonyl (C=O) groups is 1. The number of carbonyl (C=O) groups excluding carboxylic acids is 1. The van der Waals surface area contributed by atoms with Crippen LogP contribution in [0.1, 0.15) is 28.4 Å². The second-order valence-corrected chi connectivity index (χ2v) is 8.82. The fourth-order valence-corrected chi connectivity index (χ4v) is 4.75. The molecule has 29 heavy (non-hydrogen) atoms. The number of rotatable bonds is 5. The van der Waals surface area contributed by atoms with E-state index in [-0.39, 0.29) is 5.91 Å². The summed E-state index contributed by atoms with van der Waals surface area (Å²) in [4.78, 5) is 19.5. The Morgan fingerprint density at radius 1 is 1.03 bits per heavy atom. The van der Waals surface area contributed by atoms with Crippen molar-refractivity contribution in [1.82, 2.24) is 9.80 Å². The van der Waals surface area contributed by atoms with Crippen LogP contribution in [0.4, 0.5) is 5.69 Å². The number of hydrogen-bond donors (Lipinski definition) is 1. The molecule has 0 radical (unpaired) electrons. The Morgan fingerprint density at radius 2 is 1.79 bits per heavy atom. The van der Waals surface area contributed by atoms with E-state index in [0.717, 1.165) is 42.8 Å². The van der Waals surface area contributed by atoms with Gasteiger partial charge in [0.05, 0.1) is 17.4 Å². The Labute approximate surface area is 181 Å². The number of nitrogens with zero attached hydrogens (tertiary/aromatic N) is 3. The molecule has 0 bridgehead atoms. The van der Waals surface area contributed by atoms with E-state index >= 15 is 0 Å². The largest absolute Gasteiger partial charge is 0.390 e. The minimum absolute atomic E-state index is 0.00601. The number of aliphatic hydroxyl groups excluding tert-OH is 1. The number of amides is 1. The molecule has 0 saturated carbocycles. The molecule has 1 unspecified atom stereocenters. The summed E-state index contributed by atoms with van der Waals surface area (Å²) < 4.78 is 0.973. The summed E-state index contributed by atoms with van der Waals surface area (Å²) >= 11 is 3.52. The molecule has 0 fully saturated rings. The summed E-state index contributed by atoms with van der Waals surface area (Å²) in [5, 5.41) is 10.8. The summed E-state index contributed by atoms with van der Waals surface area (Å²) in [6.07, 6.45) is 0.454. The highest BCUT2D eigenvalue weighted by molar-refractivity contribution is 9.10. The molecule has 5 nitrogen and oxygen atoms in total. The predicted octanol–water partition coefficient (Wildman–Crippen LogP) is 3.15. The van der Waals surface area contributed by atoms with E-state index in [4.69, 9.17) is 0 Å². The summed E-state index contributed by atoms with van der Waals surface area (Å²) in [6.45, 7) is 7.11. The zero-order valence-corrected chi connectivity index (χ0v) is 18.4. The molecule has 1 atom stereocenters. The standard InChI is InChI=1S/C23H28BrN3O2/c1-2-26-11-12-27(23(29)21-8-7-19(24)13-22(21)26)16-20(28)15-25-10-9-17-5-3-4-6-18(17)14-25/h3-8,13,20,28H,2,9-12,14-16H2,1H3. The fourth-order valence-electron chi connectivity index (χ4n) is 4.40. The second-order valence-electron chi connectivity index (χ2n) is 7.90. The molecule has 2 aliphatic heterocycles. The highest BCUT2D eigenvalue weighted by Gasteiger charge is 2.28. The first-order valence-electron chi connectivity index (χ1n) is 10.4. The van der Waals surface area contributed by atoms with Crippen molar-refractivity contribution in [2.75, 3.05) is 44.2 Å². The molecule has 1 amide bonds. The highest BCUT2D eigenvalue weighted by Crippen LogP contribution is 2.28. The maximum atomic E-state index is 13.2. The maximum absolute atomic E-state index is 13.2. The van der Waals surface area contributed by atoms with Gasteiger partial charge in [-0.05, 0) is 42.7 Å². The number of halogens is 1. The molecular formula is C23H28BrN3O2. The quantitative estimate of drug-likeness (QED) is 0.748. The molecule has 0 saturated heterocycles. The van der Waals surface area contributed by atoms with Gasteiger partial charge in [0.15, 0.2) is 0 Å². The van der Waals surface area contributed by atoms with E-state index < -0.39 is 6.10 Å². The lowest BCUT2D eigenvalue weighted by Gasteiger charge is -2.32. The van der Waals surface area contributed by atoms with Crippen LogP contribution in [0.5, 0.6) is 0 Å². The lowest BCUT2D eigenvalue weighted by atomic mass is 10.00. The van der Waals surface area contributed by atoms with E-state index in [1.165, 1.54) is 11.1 Å². The van der Waals surface area contributed by atoms with Crippen LogP contribution < -0.4 is 4.90 Å². The average Bonchev–Trinajstić information content (AvgIpc) is 2.84. The second kappa shape index (κ2) is 8.86. The van der Waals surface area contributed by atoms with Crippen molar-refractivity contribution in [2.45, 2.75) is 26.0 Å². The Morgan fingerprint density at radius 3 is 2.59 bits per heavy atom. The van der Waals surface area contributed by atoms with Crippen LogP contribution in [-0.4, -0.2) is 66.2 Å². The topological polar surface area (TPSA) is 47.0 Å². The number of β-amino-alcohol motifs (C(OH)–C–C–N with tert-alkyl or cyclic N) is 1. The number of benzene rings is 2. The normalized spacial score (nSPS) is 18.2. The van der Waals surface area contributed by atoms with E-state index in [1.54, 1.807) is 0 Å². The molecule has 0 spiro atoms. The summed E-state index contributed by atoms with van der Waals surface area (Å²) in [6, 6.07) is 14.3. The third-order valence-electron chi connectivity index (χ3n) is 5.95. The molecule has 2 aromatic carbocycles. The molecule has 2 aliphatic rings. The Kier molecular flexibility index (Phi) is 6.23. The van der Waals surface area contributed by atoms with Crippen molar-refractivity contribution in [2.24, 2.45) is 0 Å². The lowest BCUT2D eigenvalue weighted by Crippen LogP contribution is -2.45. The monoisotopic (exact) mass is 457 g/mol. The van der Waals surface area contributed by atoms with Gasteiger partial charge in [-0.15, -0.1) is 0 Å². The van der Waals surface area contributed by atoms with Crippen LogP contribution in [0.25, 0.3) is 0 Å². The van der Waals surface area contributed by atoms with Gasteiger partial charge in [-0.1, -0.05) is 40.2 Å². The molecule has 0 aliphatic carbocycles. The van der Waals surface area contributed by atoms with Crippen molar-refractivity contribution >= 4 is 27.5 Å². The lowest BCUT2D eigenvalue weighted by molar-refractivity contribution is 0.0521. The van der Waals surface area contributed by atoms with Crippen molar-refractivity contribution in [3.8, 4) is 0 Å². The smallest absolute Gasteiger partial charge is 0.256 e. The zero-order chi connectivity index (χ0) is 20.4. The van der Waals surface area contributed by atoms with Gasteiger partial charge in [-0.3, -0.25) is 9.69 Å². The maximum Gasteiger partial charge on any atom is 0.256 e. The minimum atomic E-state index is -0.559. The van der Waals surface area contributed by atoms with Crippen molar-refractivity contribution < 1.29 is 9.90 Å². The van der Waals surface area contributed by atoms with Crippen LogP contribution in [0.2, 0.25) is 0 Å². The summed E-state index contributed by atoms with van der Waals surface area (Å²) in [5.41, 5.74) is 4.43. The Balaban J connectivity index is 1.42. The summed E-state index contributed by atoms with van der Waals surface area (Å²) in [7, 11) is 0. The molecule has 0 aromatic heterocycles. The van der Waals surface area contributed by atoms with E-state index in [9.17, 15) is 9.90 Å². The van der Waals surface area contributed by atoms with Gasteiger partial charge in [-0.2, -0.15) is 0 Å². The van der Waals surface area contributed by atoms with Gasteiger partial charge in [0.25, 0.3) is 5.91 Å². The molecular weight excluding hydrogens is 430 g/mol. The molecule has 2 heterocycles. The SMILES string of the molecule is CCN1CCN(CC(O)CN2CCc3ccccc3C2)C(=O)c2ccc(Br)cc21. The van der Waals surface area contributed by atoms with Crippen LogP contribution in [-0.2, 0) is 13.0 Å². The van der Waals surface area contributed by atoms with Crippen LogP contribution in [0.3, 0.4) is 0 Å². The van der Waals surface area contributed by atoms with Gasteiger partial charge < -0.3 is 14.9 Å². The number of aliphatic hydroxyl groups is 1. The van der Waals surface area contributed by atoms with Gasteiger partial charge in [0.2, 0.25) is 0 Å². The van der Waals surface area contributed by atoms with Crippen molar-refractivity contribution in [1.29, 1.82) is 0 Å². The van der Waals surface area contributed by atoms with Gasteiger partial charge in [-0.25, -0.2) is 0 Å². The number of fused-ring (bicyclic) bond motifs is 2. The first kappa shape index (κ1) is 20.4. The number of hydrogen-bond acceptors (Lipinski definition) is 4. The predicted molar refractivity (Wildman–Crippen MR) is 119 cm³/mol. The molecule has 2 aromatic rings. The summed E-state index contributed by atoms with van der Waals surface area (Å²) in [5.74, 6) is 0.00601. The van der Waals surface area contributed by atoms with Crippen molar-refractivity contribution in [3.05, 3.63) is 63.6 Å². The first-order chi connectivity index (χ1) is 14.0. The molecule has 6 heteroatoms. The number of anilines is 1. The Hall–Kier alpha value is -1.89. The van der Waals surface area contributed by atoms with Gasteiger partial charge >= 0.3 is 0 Å². The Bertz CT molecular complexity index is 888. The molecule has 1 N–H and O–H groups in total. The van der Waals surface area contributed by atoms with E-state index in [2.05, 4.69) is 56.9 Å². The van der Waals surface area contributed by atoms with Crippen molar-refractivity contribution in [3.63, 3.8) is 0 Å².